The second kappa shape index (κ2) is 10.3. The summed E-state index contributed by atoms with van der Waals surface area (Å²) in [7, 11) is 0. The summed E-state index contributed by atoms with van der Waals surface area (Å²) in [6, 6.07) is 9.16. The van der Waals surface area contributed by atoms with Crippen molar-refractivity contribution in [3.8, 4) is 11.4 Å². The zero-order valence-electron chi connectivity index (χ0n) is 19.0. The molecule has 1 fully saturated rings. The first kappa shape index (κ1) is 22.7. The first-order valence-electron chi connectivity index (χ1n) is 11.2. The Hall–Kier alpha value is -2.02. The quantitative estimate of drug-likeness (QED) is 0.570. The predicted octanol–water partition coefficient (Wildman–Crippen LogP) is 4.69. The van der Waals surface area contributed by atoms with Gasteiger partial charge in [0, 0.05) is 43.0 Å². The first-order valence-corrected chi connectivity index (χ1v) is 12.2. The highest BCUT2D eigenvalue weighted by atomic mass is 32.2. The maximum absolute atomic E-state index is 12.9. The fraction of sp³-hybridized carbons (Fsp3) is 0.609. The van der Waals surface area contributed by atoms with Crippen molar-refractivity contribution < 1.29 is 4.79 Å². The van der Waals surface area contributed by atoms with E-state index in [9.17, 15) is 4.79 Å². The van der Waals surface area contributed by atoms with E-state index in [4.69, 9.17) is 0 Å². The molecule has 0 radical (unpaired) electrons. The molecule has 30 heavy (non-hydrogen) atoms. The molecule has 6 nitrogen and oxygen atoms in total. The molecule has 1 amide bonds. The van der Waals surface area contributed by atoms with E-state index in [1.165, 1.54) is 23.9 Å². The molecule has 0 spiro atoms. The van der Waals surface area contributed by atoms with Crippen LogP contribution in [0.15, 0.2) is 29.4 Å². The van der Waals surface area contributed by atoms with Crippen molar-refractivity contribution in [3.63, 3.8) is 0 Å². The van der Waals surface area contributed by atoms with Gasteiger partial charge in [0.25, 0.3) is 0 Å². The molecule has 0 saturated carbocycles. The van der Waals surface area contributed by atoms with Crippen molar-refractivity contribution in [1.29, 1.82) is 0 Å². The molecule has 0 aliphatic carbocycles. The Balaban J connectivity index is 1.72. The minimum Gasteiger partial charge on any atom is -0.372 e. The van der Waals surface area contributed by atoms with E-state index in [-0.39, 0.29) is 5.91 Å². The van der Waals surface area contributed by atoms with Gasteiger partial charge in [-0.2, -0.15) is 0 Å². The largest absolute Gasteiger partial charge is 0.372 e. The van der Waals surface area contributed by atoms with Gasteiger partial charge in [-0.1, -0.05) is 11.8 Å². The molecule has 1 aromatic carbocycles. The predicted molar refractivity (Wildman–Crippen MR) is 125 cm³/mol. The van der Waals surface area contributed by atoms with Crippen LogP contribution in [-0.2, 0) is 11.3 Å². The molecule has 1 aromatic heterocycles. The smallest absolute Gasteiger partial charge is 0.233 e. The average Bonchev–Trinajstić information content (AvgIpc) is 3.16. The number of aromatic nitrogens is 3. The number of nitrogens with zero attached hydrogens (tertiary/aromatic N) is 5. The monoisotopic (exact) mass is 429 g/mol. The zero-order valence-corrected chi connectivity index (χ0v) is 19.8. The summed E-state index contributed by atoms with van der Waals surface area (Å²) in [5.74, 6) is 1.47. The van der Waals surface area contributed by atoms with Gasteiger partial charge in [0.2, 0.25) is 5.91 Å². The average molecular weight is 430 g/mol. The van der Waals surface area contributed by atoms with Crippen molar-refractivity contribution in [1.82, 2.24) is 19.7 Å². The summed E-state index contributed by atoms with van der Waals surface area (Å²) in [5.41, 5.74) is 2.27. The molecule has 2 atom stereocenters. The molecule has 0 N–H and O–H groups in total. The number of hydrogen-bond acceptors (Lipinski definition) is 5. The number of benzene rings is 1. The number of carbonyl (C=O) groups excluding carboxylic acids is 1. The van der Waals surface area contributed by atoms with Gasteiger partial charge in [-0.25, -0.2) is 0 Å². The van der Waals surface area contributed by atoms with Crippen LogP contribution >= 0.6 is 11.8 Å². The van der Waals surface area contributed by atoms with Gasteiger partial charge in [0.1, 0.15) is 0 Å². The third kappa shape index (κ3) is 4.82. The van der Waals surface area contributed by atoms with Crippen LogP contribution in [0.5, 0.6) is 0 Å². The van der Waals surface area contributed by atoms with Gasteiger partial charge in [0.05, 0.1) is 5.75 Å². The lowest BCUT2D eigenvalue weighted by Crippen LogP contribution is -2.48. The number of piperidine rings is 1. The van der Waals surface area contributed by atoms with Crippen LogP contribution in [0.2, 0.25) is 0 Å². The van der Waals surface area contributed by atoms with Crippen LogP contribution in [0.1, 0.15) is 53.9 Å². The Kier molecular flexibility index (Phi) is 7.81. The Morgan fingerprint density at radius 2 is 1.70 bits per heavy atom. The van der Waals surface area contributed by atoms with Crippen LogP contribution in [0.25, 0.3) is 11.4 Å². The summed E-state index contributed by atoms with van der Waals surface area (Å²) < 4.78 is 2.10. The van der Waals surface area contributed by atoms with E-state index in [0.29, 0.717) is 17.8 Å². The van der Waals surface area contributed by atoms with Gasteiger partial charge >= 0.3 is 0 Å². The lowest BCUT2D eigenvalue weighted by Gasteiger charge is -2.39. The Morgan fingerprint density at radius 1 is 1.07 bits per heavy atom. The minimum atomic E-state index is 0.204. The minimum absolute atomic E-state index is 0.204. The van der Waals surface area contributed by atoms with Crippen molar-refractivity contribution in [2.24, 2.45) is 0 Å². The molecule has 0 bridgehead atoms. The molecule has 7 heteroatoms. The summed E-state index contributed by atoms with van der Waals surface area (Å²) >= 11 is 1.50. The highest BCUT2D eigenvalue weighted by molar-refractivity contribution is 7.99. The van der Waals surface area contributed by atoms with Gasteiger partial charge in [-0.15, -0.1) is 10.2 Å². The number of thioether (sulfide) groups is 1. The maximum atomic E-state index is 12.9. The van der Waals surface area contributed by atoms with Gasteiger partial charge in [-0.3, -0.25) is 4.79 Å². The van der Waals surface area contributed by atoms with E-state index in [2.05, 4.69) is 83.4 Å². The number of rotatable bonds is 8. The molecule has 3 rings (SSSR count). The number of hydrogen-bond donors (Lipinski definition) is 0. The van der Waals surface area contributed by atoms with Crippen molar-refractivity contribution in [2.45, 2.75) is 77.7 Å². The fourth-order valence-electron chi connectivity index (χ4n) is 4.42. The fourth-order valence-corrected chi connectivity index (χ4v) is 5.29. The van der Waals surface area contributed by atoms with Gasteiger partial charge < -0.3 is 14.4 Å². The van der Waals surface area contributed by atoms with Crippen LogP contribution in [-0.4, -0.2) is 56.5 Å². The molecule has 2 heterocycles. The summed E-state index contributed by atoms with van der Waals surface area (Å²) in [5, 5.41) is 9.66. The molecule has 1 saturated heterocycles. The number of amides is 1. The number of anilines is 1. The van der Waals surface area contributed by atoms with Crippen LogP contribution in [0.4, 0.5) is 5.69 Å². The Morgan fingerprint density at radius 3 is 2.27 bits per heavy atom. The highest BCUT2D eigenvalue weighted by Crippen LogP contribution is 2.28. The number of carbonyl (C=O) groups is 1. The highest BCUT2D eigenvalue weighted by Gasteiger charge is 2.29. The maximum Gasteiger partial charge on any atom is 0.233 e. The third-order valence-corrected chi connectivity index (χ3v) is 7.04. The van der Waals surface area contributed by atoms with Crippen LogP contribution in [0.3, 0.4) is 0 Å². The standard InChI is InChI=1S/C23H35N5OS/c1-6-26(7-2)20-14-12-19(13-15-20)22-24-25-23(27(22)8-3)30-16-21(29)28-17(4)10-9-11-18(28)5/h12-15,17-18H,6-11,16H2,1-5H3. The molecular weight excluding hydrogens is 394 g/mol. The summed E-state index contributed by atoms with van der Waals surface area (Å²) in [6.07, 6.45) is 3.40. The lowest BCUT2D eigenvalue weighted by molar-refractivity contribution is -0.134. The topological polar surface area (TPSA) is 54.3 Å². The first-order chi connectivity index (χ1) is 14.5. The van der Waals surface area contributed by atoms with Gasteiger partial charge in [-0.05, 0) is 78.1 Å². The van der Waals surface area contributed by atoms with E-state index >= 15 is 0 Å². The lowest BCUT2D eigenvalue weighted by atomic mass is 9.98. The van der Waals surface area contributed by atoms with Gasteiger partial charge in [0.15, 0.2) is 11.0 Å². The molecule has 1 aliphatic rings. The third-order valence-electron chi connectivity index (χ3n) is 6.09. The Labute approximate surface area is 185 Å². The van der Waals surface area contributed by atoms with Crippen LogP contribution < -0.4 is 4.90 Å². The molecular formula is C23H35N5OS. The number of likely N-dealkylation sites (tertiary alicyclic amines) is 1. The van der Waals surface area contributed by atoms with E-state index in [1.54, 1.807) is 0 Å². The molecule has 2 unspecified atom stereocenters. The summed E-state index contributed by atoms with van der Waals surface area (Å²) in [4.78, 5) is 17.3. The molecule has 1 aliphatic heterocycles. The SMILES string of the molecule is CCN(CC)c1ccc(-c2nnc(SCC(=O)N3C(C)CCCC3C)n2CC)cc1. The zero-order chi connectivity index (χ0) is 21.7. The van der Waals surface area contributed by atoms with E-state index in [1.807, 2.05) is 0 Å². The second-order valence-corrected chi connectivity index (χ2v) is 8.93. The van der Waals surface area contributed by atoms with E-state index < -0.39 is 0 Å². The molecule has 2 aromatic rings. The summed E-state index contributed by atoms with van der Waals surface area (Å²) in [6.45, 7) is 13.5. The van der Waals surface area contributed by atoms with Crippen LogP contribution in [0, 0.1) is 0 Å². The normalized spacial score (nSPS) is 19.2. The second-order valence-electron chi connectivity index (χ2n) is 7.99. The van der Waals surface area contributed by atoms with Crippen molar-refractivity contribution in [3.05, 3.63) is 24.3 Å². The van der Waals surface area contributed by atoms with Crippen molar-refractivity contribution >= 4 is 23.4 Å². The Bertz CT molecular complexity index is 821. The molecule has 164 valence electrons. The van der Waals surface area contributed by atoms with E-state index in [0.717, 1.165) is 49.0 Å². The van der Waals surface area contributed by atoms with Crippen molar-refractivity contribution in [2.75, 3.05) is 23.7 Å².